The number of anilines is 3. The fourth-order valence-corrected chi connectivity index (χ4v) is 2.66. The molecule has 0 heterocycles. The predicted octanol–water partition coefficient (Wildman–Crippen LogP) is 2.84. The van der Waals surface area contributed by atoms with Gasteiger partial charge in [0.25, 0.3) is 10.9 Å². The van der Waals surface area contributed by atoms with Crippen molar-refractivity contribution in [2.24, 2.45) is 5.92 Å². The lowest BCUT2D eigenvalue weighted by atomic mass is 9.85. The van der Waals surface area contributed by atoms with Gasteiger partial charge in [-0.15, -0.1) is 0 Å². The van der Waals surface area contributed by atoms with Crippen LogP contribution in [0.2, 0.25) is 0 Å². The molecule has 0 aliphatic heterocycles. The predicted molar refractivity (Wildman–Crippen MR) is 89.6 cm³/mol. The Hall–Kier alpha value is -1.37. The van der Waals surface area contributed by atoms with E-state index in [9.17, 15) is 9.59 Å². The fraction of sp³-hybridized carbons (Fsp3) is 0.333. The van der Waals surface area contributed by atoms with Crippen LogP contribution in [0.1, 0.15) is 19.3 Å². The highest BCUT2D eigenvalue weighted by Gasteiger charge is 2.23. The van der Waals surface area contributed by atoms with Crippen molar-refractivity contribution in [1.82, 2.24) is 0 Å². The van der Waals surface area contributed by atoms with Crippen LogP contribution in [0.4, 0.5) is 17.1 Å². The van der Waals surface area contributed by atoms with Crippen LogP contribution in [0, 0.1) is 9.49 Å². The Morgan fingerprint density at radius 1 is 1.05 bits per heavy atom. The van der Waals surface area contributed by atoms with Gasteiger partial charge in [0, 0.05) is 15.8 Å². The molecule has 1 saturated carbocycles. The fourth-order valence-electron chi connectivity index (χ4n) is 2.30. The van der Waals surface area contributed by atoms with E-state index in [1.807, 2.05) is 24.3 Å². The van der Waals surface area contributed by atoms with E-state index in [1.165, 1.54) is 19.3 Å². The van der Waals surface area contributed by atoms with E-state index in [1.54, 1.807) is 0 Å². The lowest BCUT2D eigenvalue weighted by Gasteiger charge is -2.26. The summed E-state index contributed by atoms with van der Waals surface area (Å²) in [5, 5.41) is 6.17. The smallest absolute Gasteiger partial charge is 0.253 e. The summed E-state index contributed by atoms with van der Waals surface area (Å²) in [4.78, 5) is 23.3. The topological polar surface area (TPSA) is 58.2 Å². The van der Waals surface area contributed by atoms with Gasteiger partial charge in [-0.05, 0) is 65.6 Å². The molecule has 1 aliphatic rings. The van der Waals surface area contributed by atoms with Crippen LogP contribution in [0.5, 0.6) is 0 Å². The summed E-state index contributed by atoms with van der Waals surface area (Å²) in [6.07, 6.45) is 3.69. The minimum Gasteiger partial charge on any atom is -0.380 e. The standard InChI is InChI=1S/C15H15IN2O2/c16-10-4-6-11(7-5-10)18-13-12(14(19)15(13)20)17-8-9-2-1-3-9/h4-7,9,17-18H,1-3,8H2. The second kappa shape index (κ2) is 5.55. The average molecular weight is 382 g/mol. The van der Waals surface area contributed by atoms with Gasteiger partial charge in [-0.25, -0.2) is 0 Å². The molecule has 2 aromatic rings. The van der Waals surface area contributed by atoms with Gasteiger partial charge in [0.05, 0.1) is 0 Å². The Morgan fingerprint density at radius 3 is 2.30 bits per heavy atom. The highest BCUT2D eigenvalue weighted by atomic mass is 127. The van der Waals surface area contributed by atoms with E-state index in [4.69, 9.17) is 0 Å². The van der Waals surface area contributed by atoms with Gasteiger partial charge in [0.1, 0.15) is 11.4 Å². The summed E-state index contributed by atoms with van der Waals surface area (Å²) in [6.45, 7) is 0.784. The summed E-state index contributed by atoms with van der Waals surface area (Å²) in [7, 11) is 0. The first-order chi connectivity index (χ1) is 9.65. The third-order valence-corrected chi connectivity index (χ3v) is 4.54. The first-order valence-electron chi connectivity index (χ1n) is 6.75. The number of halogens is 1. The molecule has 0 unspecified atom stereocenters. The molecular weight excluding hydrogens is 367 g/mol. The van der Waals surface area contributed by atoms with Crippen LogP contribution in [-0.4, -0.2) is 6.54 Å². The Kier molecular flexibility index (Phi) is 3.78. The lowest BCUT2D eigenvalue weighted by Crippen LogP contribution is -2.38. The summed E-state index contributed by atoms with van der Waals surface area (Å²) in [6, 6.07) is 7.70. The molecule has 0 radical (unpaired) electrons. The van der Waals surface area contributed by atoms with E-state index >= 15 is 0 Å². The molecule has 0 atom stereocenters. The van der Waals surface area contributed by atoms with Gasteiger partial charge in [-0.2, -0.15) is 0 Å². The highest BCUT2D eigenvalue weighted by molar-refractivity contribution is 14.1. The molecule has 0 saturated heterocycles. The molecule has 104 valence electrons. The Bertz CT molecular complexity index is 683. The van der Waals surface area contributed by atoms with Crippen molar-refractivity contribution in [2.75, 3.05) is 17.2 Å². The molecular formula is C15H15IN2O2. The van der Waals surface area contributed by atoms with E-state index < -0.39 is 10.9 Å². The molecule has 5 heteroatoms. The van der Waals surface area contributed by atoms with E-state index in [0.717, 1.165) is 15.8 Å². The Balaban J connectivity index is 1.72. The van der Waals surface area contributed by atoms with Gasteiger partial charge in [-0.1, -0.05) is 6.42 Å². The van der Waals surface area contributed by atoms with E-state index in [2.05, 4.69) is 33.2 Å². The molecule has 20 heavy (non-hydrogen) atoms. The van der Waals surface area contributed by atoms with Gasteiger partial charge in [-0.3, -0.25) is 9.59 Å². The molecule has 0 bridgehead atoms. The van der Waals surface area contributed by atoms with Crippen LogP contribution < -0.4 is 21.5 Å². The minimum atomic E-state index is -0.431. The Morgan fingerprint density at radius 2 is 1.70 bits per heavy atom. The normalized spacial score (nSPS) is 15.1. The highest BCUT2D eigenvalue weighted by Crippen LogP contribution is 2.27. The SMILES string of the molecule is O=c1c(NCC2CCC2)c(Nc2ccc(I)cc2)c1=O. The molecule has 0 spiro atoms. The van der Waals surface area contributed by atoms with Crippen LogP contribution in [0.3, 0.4) is 0 Å². The number of nitrogens with one attached hydrogen (secondary N) is 2. The van der Waals surface area contributed by atoms with Gasteiger partial charge in [0.15, 0.2) is 0 Å². The maximum Gasteiger partial charge on any atom is 0.253 e. The van der Waals surface area contributed by atoms with Crippen molar-refractivity contribution in [2.45, 2.75) is 19.3 Å². The van der Waals surface area contributed by atoms with Crippen molar-refractivity contribution in [1.29, 1.82) is 0 Å². The number of hydrogen-bond acceptors (Lipinski definition) is 4. The number of rotatable bonds is 5. The lowest BCUT2D eigenvalue weighted by molar-refractivity contribution is 0.333. The van der Waals surface area contributed by atoms with E-state index in [0.29, 0.717) is 17.3 Å². The van der Waals surface area contributed by atoms with Crippen molar-refractivity contribution >= 4 is 39.7 Å². The van der Waals surface area contributed by atoms with Crippen LogP contribution >= 0.6 is 22.6 Å². The largest absolute Gasteiger partial charge is 0.380 e. The molecule has 0 amide bonds. The first-order valence-corrected chi connectivity index (χ1v) is 7.83. The quantitative estimate of drug-likeness (QED) is 0.617. The van der Waals surface area contributed by atoms with Crippen LogP contribution in [0.15, 0.2) is 33.9 Å². The zero-order chi connectivity index (χ0) is 14.1. The van der Waals surface area contributed by atoms with Crippen molar-refractivity contribution < 1.29 is 0 Å². The zero-order valence-corrected chi connectivity index (χ0v) is 13.1. The number of benzene rings is 1. The molecule has 4 nitrogen and oxygen atoms in total. The minimum absolute atomic E-state index is 0.399. The summed E-state index contributed by atoms with van der Waals surface area (Å²) in [5.41, 5.74) is 0.831. The Labute approximate surface area is 130 Å². The summed E-state index contributed by atoms with van der Waals surface area (Å²) >= 11 is 2.22. The molecule has 1 fully saturated rings. The van der Waals surface area contributed by atoms with E-state index in [-0.39, 0.29) is 0 Å². The molecule has 0 aromatic heterocycles. The third-order valence-electron chi connectivity index (χ3n) is 3.82. The van der Waals surface area contributed by atoms with Gasteiger partial charge in [0.2, 0.25) is 0 Å². The maximum absolute atomic E-state index is 11.7. The van der Waals surface area contributed by atoms with Crippen LogP contribution in [-0.2, 0) is 0 Å². The van der Waals surface area contributed by atoms with Crippen molar-refractivity contribution in [3.05, 3.63) is 48.3 Å². The van der Waals surface area contributed by atoms with Crippen LogP contribution in [0.25, 0.3) is 0 Å². The zero-order valence-electron chi connectivity index (χ0n) is 10.9. The molecule has 2 N–H and O–H groups in total. The first kappa shape index (κ1) is 13.6. The second-order valence-corrected chi connectivity index (χ2v) is 6.46. The summed E-state index contributed by atoms with van der Waals surface area (Å²) in [5.74, 6) is 0.644. The molecule has 2 aromatic carbocycles. The monoisotopic (exact) mass is 382 g/mol. The third kappa shape index (κ3) is 2.59. The summed E-state index contributed by atoms with van der Waals surface area (Å²) < 4.78 is 1.13. The average Bonchev–Trinajstić information content (AvgIpc) is 2.41. The van der Waals surface area contributed by atoms with Crippen molar-refractivity contribution in [3.8, 4) is 0 Å². The maximum atomic E-state index is 11.7. The van der Waals surface area contributed by atoms with Crippen molar-refractivity contribution in [3.63, 3.8) is 0 Å². The molecule has 1 aliphatic carbocycles. The number of hydrogen-bond donors (Lipinski definition) is 2. The second-order valence-electron chi connectivity index (χ2n) is 5.22. The van der Waals surface area contributed by atoms with Gasteiger partial charge >= 0.3 is 0 Å². The van der Waals surface area contributed by atoms with Gasteiger partial charge < -0.3 is 10.6 Å². The molecule has 3 rings (SSSR count).